The van der Waals surface area contributed by atoms with Gasteiger partial charge in [-0.3, -0.25) is 40.2 Å². The average molecular weight is 776 g/mol. The number of hydrogen-bond acceptors (Lipinski definition) is 15. The molecule has 0 atom stereocenters. The van der Waals surface area contributed by atoms with Gasteiger partial charge in [-0.05, 0) is 73.7 Å². The highest BCUT2D eigenvalue weighted by molar-refractivity contribution is 6.28. The van der Waals surface area contributed by atoms with Gasteiger partial charge in [0, 0.05) is 60.8 Å². The van der Waals surface area contributed by atoms with E-state index in [0.29, 0.717) is 68.8 Å². The molecule has 10 rings (SSSR count). The largest absolute Gasteiger partial charge is 0.347 e. The first-order chi connectivity index (χ1) is 27.2. The maximum atomic E-state index is 11.7. The smallest absolute Gasteiger partial charge is 0.271 e. The summed E-state index contributed by atoms with van der Waals surface area (Å²) in [5, 5.41) is 38.9. The first kappa shape index (κ1) is 34.5. The van der Waals surface area contributed by atoms with Crippen molar-refractivity contribution in [1.29, 1.82) is 0 Å². The SMILES string of the molecule is CN(C)c1nc(Nc2ccc3c(=O)[nH][nH]c3c2)nc(Nc2cc(C3CC3)[nH]n2)n1.O=c1[nH][nH]c2cc(Nc3nc(Cl)nc(Nc4cc(C5CC5)[nH]n4)n3)ccc12. The molecular formula is C34H34ClN19O2. The number of fused-ring (bicyclic) bond motifs is 2. The van der Waals surface area contributed by atoms with E-state index < -0.39 is 0 Å². The van der Waals surface area contributed by atoms with E-state index in [0.717, 1.165) is 17.1 Å². The zero-order chi connectivity index (χ0) is 38.3. The Balaban J connectivity index is 0.000000147. The molecule has 6 heterocycles. The van der Waals surface area contributed by atoms with Crippen LogP contribution in [0.1, 0.15) is 48.9 Å². The van der Waals surface area contributed by atoms with Crippen LogP contribution in [0.5, 0.6) is 0 Å². The number of benzene rings is 2. The number of hydrogen-bond donors (Lipinski definition) is 10. The molecule has 0 unspecified atom stereocenters. The summed E-state index contributed by atoms with van der Waals surface area (Å²) in [6.07, 6.45) is 4.76. The van der Waals surface area contributed by atoms with Crippen LogP contribution >= 0.6 is 11.6 Å². The molecule has 2 saturated carbocycles. The second kappa shape index (κ2) is 14.2. The predicted octanol–water partition coefficient (Wildman–Crippen LogP) is 4.98. The first-order valence-corrected chi connectivity index (χ1v) is 18.0. The molecule has 0 aliphatic heterocycles. The Hall–Kier alpha value is -7.29. The van der Waals surface area contributed by atoms with Crippen molar-refractivity contribution in [1.82, 2.24) is 70.7 Å². The molecule has 22 heteroatoms. The van der Waals surface area contributed by atoms with Gasteiger partial charge < -0.3 is 26.2 Å². The van der Waals surface area contributed by atoms with Gasteiger partial charge in [-0.25, -0.2) is 0 Å². The molecule has 2 aliphatic rings. The lowest BCUT2D eigenvalue weighted by Crippen LogP contribution is -2.15. The Bertz CT molecular complexity index is 2810. The highest BCUT2D eigenvalue weighted by Gasteiger charge is 2.26. The maximum Gasteiger partial charge on any atom is 0.271 e. The molecule has 6 aromatic heterocycles. The minimum absolute atomic E-state index is 0.0454. The molecule has 2 aliphatic carbocycles. The topological polar surface area (TPSA) is 283 Å². The minimum atomic E-state index is -0.171. The van der Waals surface area contributed by atoms with Crippen LogP contribution in [0.2, 0.25) is 5.28 Å². The summed E-state index contributed by atoms with van der Waals surface area (Å²) in [5.41, 5.74) is 4.71. The third-order valence-corrected chi connectivity index (χ3v) is 9.17. The quantitative estimate of drug-likeness (QED) is 0.0829. The molecule has 0 radical (unpaired) electrons. The Morgan fingerprint density at radius 1 is 0.589 bits per heavy atom. The van der Waals surface area contributed by atoms with Crippen molar-refractivity contribution in [2.45, 2.75) is 37.5 Å². The van der Waals surface area contributed by atoms with Gasteiger partial charge >= 0.3 is 0 Å². The minimum Gasteiger partial charge on any atom is -0.347 e. The lowest BCUT2D eigenvalue weighted by molar-refractivity contribution is 0.955. The zero-order valence-electron chi connectivity index (χ0n) is 29.8. The van der Waals surface area contributed by atoms with Gasteiger partial charge in [-0.1, -0.05) is 0 Å². The second-order valence-electron chi connectivity index (χ2n) is 13.6. The normalized spacial score (nSPS) is 13.7. The standard InChI is InChI=1S/C18H20N10O.C16H14ClN9O/c1-28(2)18-22-16(19-10-5-6-11-13(7-10)25-27-15(11)29)21-17(23-18)20-14-8-12(24-26-14)9-3-4-9;17-14-20-15(18-8-3-4-9-11(5-8)24-26-13(9)27)22-16(21-14)19-12-6-10(23-25-12)7-1-2-7/h5-9H,3-4H2,1-2H3,(H2,25,27,29)(H3,19,20,21,22,23,24,26);3-7H,1-2H2,(H2,24,26,27)(H3,18,19,20,21,22,23,25). The number of H-pyrrole nitrogens is 6. The number of rotatable bonds is 11. The van der Waals surface area contributed by atoms with Gasteiger partial charge in [0.25, 0.3) is 11.1 Å². The molecule has 0 spiro atoms. The Kier molecular flexibility index (Phi) is 8.72. The van der Waals surface area contributed by atoms with Crippen molar-refractivity contribution >= 4 is 86.2 Å². The maximum absolute atomic E-state index is 11.7. The average Bonchev–Trinajstić information content (AvgIpc) is 4.04. The van der Waals surface area contributed by atoms with Crippen molar-refractivity contribution in [3.63, 3.8) is 0 Å². The van der Waals surface area contributed by atoms with Crippen LogP contribution in [-0.4, -0.2) is 84.8 Å². The van der Waals surface area contributed by atoms with E-state index in [1.165, 1.54) is 25.7 Å². The van der Waals surface area contributed by atoms with Gasteiger partial charge in [0.15, 0.2) is 11.6 Å². The fourth-order valence-electron chi connectivity index (χ4n) is 5.86. The third-order valence-electron chi connectivity index (χ3n) is 9.00. The monoisotopic (exact) mass is 775 g/mol. The highest BCUT2D eigenvalue weighted by atomic mass is 35.5. The summed E-state index contributed by atoms with van der Waals surface area (Å²) in [6, 6.07) is 14.5. The van der Waals surface area contributed by atoms with E-state index in [1.807, 2.05) is 32.3 Å². The number of aromatic amines is 6. The summed E-state index contributed by atoms with van der Waals surface area (Å²) < 4.78 is 0. The number of nitrogens with zero attached hydrogens (tertiary/aromatic N) is 9. The van der Waals surface area contributed by atoms with Gasteiger partial charge in [0.1, 0.15) is 0 Å². The first-order valence-electron chi connectivity index (χ1n) is 17.6. The lowest BCUT2D eigenvalue weighted by Gasteiger charge is -2.13. The van der Waals surface area contributed by atoms with Crippen LogP contribution in [-0.2, 0) is 0 Å². The van der Waals surface area contributed by atoms with Crippen LogP contribution in [0.25, 0.3) is 21.8 Å². The summed E-state index contributed by atoms with van der Waals surface area (Å²) in [5.74, 6) is 4.26. The summed E-state index contributed by atoms with van der Waals surface area (Å²) in [6.45, 7) is 0. The molecule has 284 valence electrons. The Labute approximate surface area is 319 Å². The van der Waals surface area contributed by atoms with Crippen molar-refractivity contribution in [2.24, 2.45) is 0 Å². The second-order valence-corrected chi connectivity index (χ2v) is 13.9. The van der Waals surface area contributed by atoms with E-state index in [4.69, 9.17) is 11.6 Å². The van der Waals surface area contributed by atoms with Crippen LogP contribution in [0.15, 0.2) is 58.1 Å². The highest BCUT2D eigenvalue weighted by Crippen LogP contribution is 2.40. The van der Waals surface area contributed by atoms with Crippen molar-refractivity contribution < 1.29 is 0 Å². The van der Waals surface area contributed by atoms with Crippen LogP contribution in [0.4, 0.5) is 52.8 Å². The molecule has 2 aromatic carbocycles. The molecule has 0 amide bonds. The fourth-order valence-corrected chi connectivity index (χ4v) is 6.02. The van der Waals surface area contributed by atoms with Crippen LogP contribution in [0.3, 0.4) is 0 Å². The molecule has 56 heavy (non-hydrogen) atoms. The van der Waals surface area contributed by atoms with Gasteiger partial charge in [0.05, 0.1) is 21.8 Å². The molecule has 21 nitrogen and oxygen atoms in total. The van der Waals surface area contributed by atoms with E-state index in [2.05, 4.69) is 92.0 Å². The fraction of sp³-hybridized carbons (Fsp3) is 0.235. The zero-order valence-corrected chi connectivity index (χ0v) is 30.6. The van der Waals surface area contributed by atoms with Gasteiger partial charge in [-0.15, -0.1) is 0 Å². The van der Waals surface area contributed by atoms with Crippen molar-refractivity contribution in [2.75, 3.05) is 40.3 Å². The van der Waals surface area contributed by atoms with Crippen molar-refractivity contribution in [3.8, 4) is 0 Å². The third kappa shape index (κ3) is 7.68. The number of aromatic nitrogens is 14. The van der Waals surface area contributed by atoms with E-state index in [9.17, 15) is 9.59 Å². The van der Waals surface area contributed by atoms with Crippen LogP contribution in [0, 0.1) is 0 Å². The number of halogens is 1. The lowest BCUT2D eigenvalue weighted by atomic mass is 10.2. The molecule has 8 aromatic rings. The molecule has 0 saturated heterocycles. The number of anilines is 9. The summed E-state index contributed by atoms with van der Waals surface area (Å²) >= 11 is 6.02. The summed E-state index contributed by atoms with van der Waals surface area (Å²) in [7, 11) is 3.72. The molecular weight excluding hydrogens is 742 g/mol. The molecule has 10 N–H and O–H groups in total. The van der Waals surface area contributed by atoms with E-state index in [1.54, 1.807) is 35.2 Å². The predicted molar refractivity (Wildman–Crippen MR) is 211 cm³/mol. The summed E-state index contributed by atoms with van der Waals surface area (Å²) in [4.78, 5) is 50.9. The Morgan fingerprint density at radius 2 is 1.04 bits per heavy atom. The number of nitrogens with one attached hydrogen (secondary N) is 10. The van der Waals surface area contributed by atoms with Crippen LogP contribution < -0.4 is 37.3 Å². The Morgan fingerprint density at radius 3 is 1.50 bits per heavy atom. The van der Waals surface area contributed by atoms with E-state index >= 15 is 0 Å². The van der Waals surface area contributed by atoms with E-state index in [-0.39, 0.29) is 28.3 Å². The molecule has 0 bridgehead atoms. The molecule has 2 fully saturated rings. The van der Waals surface area contributed by atoms with Crippen molar-refractivity contribution in [3.05, 3.63) is 85.9 Å². The van der Waals surface area contributed by atoms with Gasteiger partial charge in [0.2, 0.25) is 35.0 Å². The van der Waals surface area contributed by atoms with Gasteiger partial charge in [-0.2, -0.15) is 40.1 Å².